The fraction of sp³-hybridized carbons (Fsp3) is 0.250. The van der Waals surface area contributed by atoms with Gasteiger partial charge in [0.25, 0.3) is 0 Å². The second-order valence-corrected chi connectivity index (χ2v) is 7.47. The van der Waals surface area contributed by atoms with Gasteiger partial charge < -0.3 is 19.5 Å². The van der Waals surface area contributed by atoms with E-state index in [1.807, 2.05) is 36.4 Å². The molecular formula is C24H22N2O4. The van der Waals surface area contributed by atoms with Crippen LogP contribution in [0.25, 0.3) is 11.1 Å². The van der Waals surface area contributed by atoms with E-state index in [1.165, 1.54) is 5.56 Å². The van der Waals surface area contributed by atoms with Gasteiger partial charge in [-0.15, -0.1) is 0 Å². The number of pyridine rings is 1. The van der Waals surface area contributed by atoms with Crippen molar-refractivity contribution in [3.8, 4) is 28.4 Å². The van der Waals surface area contributed by atoms with Gasteiger partial charge in [-0.2, -0.15) is 0 Å². The predicted molar refractivity (Wildman–Crippen MR) is 112 cm³/mol. The number of aryl methyl sites for hydroxylation is 1. The molecule has 0 saturated heterocycles. The summed E-state index contributed by atoms with van der Waals surface area (Å²) in [4.78, 5) is 16.4. The normalized spacial score (nSPS) is 16.1. The van der Waals surface area contributed by atoms with Gasteiger partial charge in [-0.1, -0.05) is 24.3 Å². The molecular weight excluding hydrogens is 380 g/mol. The van der Waals surface area contributed by atoms with Crippen molar-refractivity contribution in [3.63, 3.8) is 0 Å². The lowest BCUT2D eigenvalue weighted by molar-refractivity contribution is -0.121. The largest absolute Gasteiger partial charge is 0.487 e. The maximum Gasteiger partial charge on any atom is 0.231 e. The Balaban J connectivity index is 1.15. The van der Waals surface area contributed by atoms with Crippen molar-refractivity contribution >= 4 is 5.91 Å². The Morgan fingerprint density at radius 3 is 2.83 bits per heavy atom. The molecule has 152 valence electrons. The summed E-state index contributed by atoms with van der Waals surface area (Å²) in [5.41, 5.74) is 4.37. The number of amides is 1. The maximum atomic E-state index is 12.3. The SMILES string of the molecule is O=C(CCc1ccc2c(c1)OCO2)NCC1Cc2cccc(-c3ccncc3)c2O1. The Labute approximate surface area is 174 Å². The Bertz CT molecular complexity index is 1070. The number of carbonyl (C=O) groups excluding carboxylic acids is 1. The highest BCUT2D eigenvalue weighted by atomic mass is 16.7. The van der Waals surface area contributed by atoms with E-state index in [9.17, 15) is 4.79 Å². The van der Waals surface area contributed by atoms with E-state index in [2.05, 4.69) is 22.4 Å². The third kappa shape index (κ3) is 3.81. The van der Waals surface area contributed by atoms with E-state index in [0.717, 1.165) is 40.4 Å². The maximum absolute atomic E-state index is 12.3. The third-order valence-corrected chi connectivity index (χ3v) is 5.42. The molecule has 6 heteroatoms. The van der Waals surface area contributed by atoms with Gasteiger partial charge >= 0.3 is 0 Å². The van der Waals surface area contributed by atoms with Gasteiger partial charge in [0.2, 0.25) is 12.7 Å². The van der Waals surface area contributed by atoms with E-state index in [-0.39, 0.29) is 18.8 Å². The molecule has 0 spiro atoms. The molecule has 2 aliphatic rings. The molecule has 0 fully saturated rings. The highest BCUT2D eigenvalue weighted by Crippen LogP contribution is 2.38. The number of rotatable bonds is 6. The standard InChI is InChI=1S/C24H22N2O4/c27-23(7-5-16-4-6-21-22(12-16)29-15-28-21)26-14-19-13-18-2-1-3-20(24(18)30-19)17-8-10-25-11-9-17/h1-4,6,8-12,19H,5,7,13-15H2,(H,26,27). The lowest BCUT2D eigenvalue weighted by Gasteiger charge is -2.13. The van der Waals surface area contributed by atoms with Crippen molar-refractivity contribution in [2.45, 2.75) is 25.4 Å². The summed E-state index contributed by atoms with van der Waals surface area (Å²) in [6.45, 7) is 0.746. The van der Waals surface area contributed by atoms with Crippen LogP contribution < -0.4 is 19.5 Å². The van der Waals surface area contributed by atoms with E-state index in [4.69, 9.17) is 14.2 Å². The fourth-order valence-corrected chi connectivity index (χ4v) is 3.88. The number of aromatic nitrogens is 1. The summed E-state index contributed by atoms with van der Waals surface area (Å²) in [6, 6.07) is 15.9. The minimum absolute atomic E-state index is 0.0154. The average Bonchev–Trinajstić information content (AvgIpc) is 3.42. The molecule has 30 heavy (non-hydrogen) atoms. The zero-order valence-corrected chi connectivity index (χ0v) is 16.5. The number of benzene rings is 2. The van der Waals surface area contributed by atoms with Crippen LogP contribution in [0.5, 0.6) is 17.2 Å². The number of ether oxygens (including phenoxy) is 3. The Morgan fingerprint density at radius 2 is 1.93 bits per heavy atom. The number of fused-ring (bicyclic) bond motifs is 2. The zero-order chi connectivity index (χ0) is 20.3. The second kappa shape index (κ2) is 8.06. The first kappa shape index (κ1) is 18.5. The molecule has 3 aromatic rings. The molecule has 1 N–H and O–H groups in total. The van der Waals surface area contributed by atoms with Crippen LogP contribution in [0.15, 0.2) is 60.9 Å². The summed E-state index contributed by atoms with van der Waals surface area (Å²) in [6.07, 6.45) is 5.36. The van der Waals surface area contributed by atoms with Crippen molar-refractivity contribution in [1.29, 1.82) is 0 Å². The Morgan fingerprint density at radius 1 is 1.07 bits per heavy atom. The van der Waals surface area contributed by atoms with Crippen LogP contribution in [0.1, 0.15) is 17.5 Å². The molecule has 0 aliphatic carbocycles. The van der Waals surface area contributed by atoms with Gasteiger partial charge in [0.15, 0.2) is 11.5 Å². The summed E-state index contributed by atoms with van der Waals surface area (Å²) >= 11 is 0. The highest BCUT2D eigenvalue weighted by molar-refractivity contribution is 5.76. The number of hydrogen-bond acceptors (Lipinski definition) is 5. The molecule has 1 unspecified atom stereocenters. The summed E-state index contributed by atoms with van der Waals surface area (Å²) in [5, 5.41) is 3.01. The third-order valence-electron chi connectivity index (χ3n) is 5.42. The lowest BCUT2D eigenvalue weighted by Crippen LogP contribution is -2.34. The van der Waals surface area contributed by atoms with E-state index < -0.39 is 0 Å². The quantitative estimate of drug-likeness (QED) is 0.683. The van der Waals surface area contributed by atoms with Crippen molar-refractivity contribution in [2.24, 2.45) is 0 Å². The first-order valence-electron chi connectivity index (χ1n) is 10.1. The van der Waals surface area contributed by atoms with Crippen LogP contribution in [0.3, 0.4) is 0 Å². The smallest absolute Gasteiger partial charge is 0.231 e. The monoisotopic (exact) mass is 402 g/mol. The molecule has 1 aromatic heterocycles. The van der Waals surface area contributed by atoms with Crippen LogP contribution in [0.2, 0.25) is 0 Å². The van der Waals surface area contributed by atoms with Crippen LogP contribution in [-0.2, 0) is 17.6 Å². The molecule has 3 heterocycles. The van der Waals surface area contributed by atoms with E-state index >= 15 is 0 Å². The molecule has 2 aromatic carbocycles. The van der Waals surface area contributed by atoms with Crippen molar-refractivity contribution in [2.75, 3.05) is 13.3 Å². The minimum Gasteiger partial charge on any atom is -0.487 e. The molecule has 6 nitrogen and oxygen atoms in total. The Kier molecular flexibility index (Phi) is 4.97. The second-order valence-electron chi connectivity index (χ2n) is 7.47. The number of nitrogens with one attached hydrogen (secondary N) is 1. The van der Waals surface area contributed by atoms with Crippen molar-refractivity contribution in [1.82, 2.24) is 10.3 Å². The topological polar surface area (TPSA) is 69.7 Å². The van der Waals surface area contributed by atoms with Gasteiger partial charge in [-0.25, -0.2) is 0 Å². The van der Waals surface area contributed by atoms with Crippen molar-refractivity contribution < 1.29 is 19.0 Å². The number of carbonyl (C=O) groups is 1. The molecule has 1 amide bonds. The lowest BCUT2D eigenvalue weighted by atomic mass is 10.0. The molecule has 0 bridgehead atoms. The van der Waals surface area contributed by atoms with Gasteiger partial charge in [-0.05, 0) is 47.4 Å². The number of nitrogens with zero attached hydrogens (tertiary/aromatic N) is 1. The Hall–Kier alpha value is -3.54. The van der Waals surface area contributed by atoms with Crippen LogP contribution in [-0.4, -0.2) is 30.3 Å². The molecule has 0 radical (unpaired) electrons. The van der Waals surface area contributed by atoms with Gasteiger partial charge in [0.1, 0.15) is 11.9 Å². The number of para-hydroxylation sites is 1. The fourth-order valence-electron chi connectivity index (χ4n) is 3.88. The summed E-state index contributed by atoms with van der Waals surface area (Å²) < 4.78 is 16.9. The minimum atomic E-state index is -0.0579. The van der Waals surface area contributed by atoms with Gasteiger partial charge in [0, 0.05) is 30.8 Å². The summed E-state index contributed by atoms with van der Waals surface area (Å²) in [7, 11) is 0. The van der Waals surface area contributed by atoms with Crippen LogP contribution in [0, 0.1) is 0 Å². The molecule has 5 rings (SSSR count). The van der Waals surface area contributed by atoms with Crippen LogP contribution in [0.4, 0.5) is 0 Å². The average molecular weight is 402 g/mol. The number of hydrogen-bond donors (Lipinski definition) is 1. The van der Waals surface area contributed by atoms with E-state index in [0.29, 0.717) is 19.4 Å². The zero-order valence-electron chi connectivity index (χ0n) is 16.5. The van der Waals surface area contributed by atoms with Gasteiger partial charge in [0.05, 0.1) is 6.54 Å². The van der Waals surface area contributed by atoms with Crippen LogP contribution >= 0.6 is 0 Å². The molecule has 1 atom stereocenters. The molecule has 2 aliphatic heterocycles. The highest BCUT2D eigenvalue weighted by Gasteiger charge is 2.26. The van der Waals surface area contributed by atoms with Gasteiger partial charge in [-0.3, -0.25) is 9.78 Å². The molecule has 0 saturated carbocycles. The summed E-state index contributed by atoms with van der Waals surface area (Å²) in [5.74, 6) is 2.42. The first-order valence-corrected chi connectivity index (χ1v) is 10.1. The van der Waals surface area contributed by atoms with Crippen molar-refractivity contribution in [3.05, 3.63) is 72.1 Å². The first-order chi connectivity index (χ1) is 14.8. The predicted octanol–water partition coefficient (Wildman–Crippen LogP) is 3.53. The van der Waals surface area contributed by atoms with E-state index in [1.54, 1.807) is 12.4 Å².